The zero-order valence-corrected chi connectivity index (χ0v) is 13.6. The Morgan fingerprint density at radius 3 is 2.62 bits per heavy atom. The number of carboxylic acid groups (broad SMARTS) is 1. The highest BCUT2D eigenvalue weighted by Crippen LogP contribution is 2.19. The molecule has 1 aromatic carbocycles. The lowest BCUT2D eigenvalue weighted by Crippen LogP contribution is -2.31. The van der Waals surface area contributed by atoms with E-state index in [9.17, 15) is 14.0 Å². The predicted molar refractivity (Wildman–Crippen MR) is 81.6 cm³/mol. The zero-order chi connectivity index (χ0) is 16.0. The van der Waals surface area contributed by atoms with Gasteiger partial charge in [-0.1, -0.05) is 19.9 Å². The van der Waals surface area contributed by atoms with Gasteiger partial charge in [0.15, 0.2) is 0 Å². The number of carbonyl (C=O) groups is 2. The second-order valence-electron chi connectivity index (χ2n) is 5.40. The molecular weight excluding hydrogens is 341 g/mol. The highest BCUT2D eigenvalue weighted by molar-refractivity contribution is 9.10. The Kier molecular flexibility index (Phi) is 6.81. The van der Waals surface area contributed by atoms with Gasteiger partial charge in [0.25, 0.3) is 5.91 Å². The van der Waals surface area contributed by atoms with Crippen LogP contribution in [-0.4, -0.2) is 23.5 Å². The molecule has 0 bridgehead atoms. The molecule has 0 unspecified atom stereocenters. The Bertz CT molecular complexity index is 520. The van der Waals surface area contributed by atoms with E-state index in [0.29, 0.717) is 12.3 Å². The van der Waals surface area contributed by atoms with Crippen LogP contribution in [0.4, 0.5) is 4.39 Å². The zero-order valence-electron chi connectivity index (χ0n) is 12.0. The number of rotatable bonds is 7. The lowest BCUT2D eigenvalue weighted by Gasteiger charge is -2.18. The van der Waals surface area contributed by atoms with Crippen LogP contribution >= 0.6 is 15.9 Å². The van der Waals surface area contributed by atoms with Crippen molar-refractivity contribution in [3.8, 4) is 0 Å². The molecule has 0 heterocycles. The first-order valence-electron chi connectivity index (χ1n) is 6.75. The molecule has 1 rings (SSSR count). The third-order valence-electron chi connectivity index (χ3n) is 3.02. The summed E-state index contributed by atoms with van der Waals surface area (Å²) in [6.45, 7) is 4.20. The van der Waals surface area contributed by atoms with Crippen molar-refractivity contribution in [2.24, 2.45) is 11.8 Å². The first kappa shape index (κ1) is 17.6. The van der Waals surface area contributed by atoms with E-state index in [2.05, 4.69) is 21.2 Å². The van der Waals surface area contributed by atoms with E-state index in [0.717, 1.165) is 0 Å². The topological polar surface area (TPSA) is 66.4 Å². The average molecular weight is 360 g/mol. The van der Waals surface area contributed by atoms with Crippen LogP contribution in [0.3, 0.4) is 0 Å². The maximum atomic E-state index is 13.8. The Hall–Kier alpha value is -1.43. The minimum absolute atomic E-state index is 0.0145. The van der Waals surface area contributed by atoms with Gasteiger partial charge in [0, 0.05) is 13.0 Å². The monoisotopic (exact) mass is 359 g/mol. The molecule has 0 aliphatic carbocycles. The largest absolute Gasteiger partial charge is 0.481 e. The normalized spacial score (nSPS) is 12.2. The molecule has 0 fully saturated rings. The second kappa shape index (κ2) is 8.12. The molecule has 21 heavy (non-hydrogen) atoms. The van der Waals surface area contributed by atoms with Crippen molar-refractivity contribution in [3.63, 3.8) is 0 Å². The summed E-state index contributed by atoms with van der Waals surface area (Å²) >= 11 is 3.03. The van der Waals surface area contributed by atoms with Crippen molar-refractivity contribution in [1.29, 1.82) is 0 Å². The molecule has 4 nitrogen and oxygen atoms in total. The third-order valence-corrected chi connectivity index (χ3v) is 3.63. The van der Waals surface area contributed by atoms with Gasteiger partial charge in [0.2, 0.25) is 0 Å². The van der Waals surface area contributed by atoms with Crippen molar-refractivity contribution < 1.29 is 19.1 Å². The number of hydrogen-bond donors (Lipinski definition) is 2. The molecule has 0 saturated heterocycles. The van der Waals surface area contributed by atoms with Gasteiger partial charge in [0.1, 0.15) is 5.82 Å². The summed E-state index contributed by atoms with van der Waals surface area (Å²) in [5, 5.41) is 11.5. The molecule has 1 atom stereocenters. The summed E-state index contributed by atoms with van der Waals surface area (Å²) in [6, 6.07) is 4.48. The predicted octanol–water partition coefficient (Wildman–Crippen LogP) is 3.46. The van der Waals surface area contributed by atoms with E-state index in [1.807, 2.05) is 13.8 Å². The summed E-state index contributed by atoms with van der Waals surface area (Å²) < 4.78 is 14.0. The maximum Gasteiger partial charge on any atom is 0.303 e. The Morgan fingerprint density at radius 1 is 1.38 bits per heavy atom. The van der Waals surface area contributed by atoms with E-state index >= 15 is 0 Å². The fraction of sp³-hybridized carbons (Fsp3) is 0.467. The van der Waals surface area contributed by atoms with Crippen LogP contribution in [0.1, 0.15) is 37.0 Å². The molecule has 1 amide bonds. The molecule has 0 saturated carbocycles. The van der Waals surface area contributed by atoms with Crippen molar-refractivity contribution in [1.82, 2.24) is 5.32 Å². The van der Waals surface area contributed by atoms with Crippen LogP contribution < -0.4 is 5.32 Å². The average Bonchev–Trinajstić information content (AvgIpc) is 2.37. The first-order chi connectivity index (χ1) is 9.81. The van der Waals surface area contributed by atoms with Crippen molar-refractivity contribution in [2.45, 2.75) is 26.7 Å². The number of amides is 1. The molecule has 0 radical (unpaired) electrons. The van der Waals surface area contributed by atoms with Gasteiger partial charge < -0.3 is 10.4 Å². The van der Waals surface area contributed by atoms with Gasteiger partial charge in [-0.15, -0.1) is 0 Å². The van der Waals surface area contributed by atoms with Gasteiger partial charge in [-0.3, -0.25) is 9.59 Å². The number of nitrogens with one attached hydrogen (secondary N) is 1. The van der Waals surface area contributed by atoms with Crippen molar-refractivity contribution in [3.05, 3.63) is 34.1 Å². The molecule has 0 aliphatic rings. The van der Waals surface area contributed by atoms with E-state index < -0.39 is 17.7 Å². The van der Waals surface area contributed by atoms with Crippen molar-refractivity contribution in [2.75, 3.05) is 6.54 Å². The molecule has 2 N–H and O–H groups in total. The molecule has 116 valence electrons. The lowest BCUT2D eigenvalue weighted by molar-refractivity contribution is -0.138. The number of aliphatic carboxylic acids is 1. The fourth-order valence-electron chi connectivity index (χ4n) is 2.16. The molecule has 1 aromatic rings. The number of hydrogen-bond acceptors (Lipinski definition) is 2. The summed E-state index contributed by atoms with van der Waals surface area (Å²) in [5.41, 5.74) is -0.0528. The summed E-state index contributed by atoms with van der Waals surface area (Å²) in [5.74, 6) is -1.89. The van der Waals surface area contributed by atoms with Gasteiger partial charge in [-0.05, 0) is 46.3 Å². The fourth-order valence-corrected chi connectivity index (χ4v) is 2.53. The number of halogens is 2. The highest BCUT2D eigenvalue weighted by atomic mass is 79.9. The van der Waals surface area contributed by atoms with E-state index in [1.165, 1.54) is 12.1 Å². The third kappa shape index (κ3) is 5.83. The summed E-state index contributed by atoms with van der Waals surface area (Å²) in [7, 11) is 0. The van der Waals surface area contributed by atoms with Crippen LogP contribution in [0.25, 0.3) is 0 Å². The second-order valence-corrected chi connectivity index (χ2v) is 6.26. The van der Waals surface area contributed by atoms with Crippen LogP contribution in [0, 0.1) is 17.7 Å². The van der Waals surface area contributed by atoms with E-state index in [1.54, 1.807) is 6.07 Å². The maximum absolute atomic E-state index is 13.8. The minimum atomic E-state index is -0.900. The Balaban J connectivity index is 2.68. The molecule has 6 heteroatoms. The van der Waals surface area contributed by atoms with Crippen LogP contribution in [0.2, 0.25) is 0 Å². The molecule has 0 aliphatic heterocycles. The summed E-state index contributed by atoms with van der Waals surface area (Å²) in [4.78, 5) is 22.8. The van der Waals surface area contributed by atoms with Gasteiger partial charge in [0.05, 0.1) is 10.0 Å². The molecular formula is C15H19BrFNO3. The Morgan fingerprint density at radius 2 is 2.05 bits per heavy atom. The molecule has 0 spiro atoms. The van der Waals surface area contributed by atoms with Crippen molar-refractivity contribution >= 4 is 27.8 Å². The molecule has 0 aromatic heterocycles. The van der Waals surface area contributed by atoms with E-state index in [4.69, 9.17) is 5.11 Å². The first-order valence-corrected chi connectivity index (χ1v) is 7.54. The SMILES string of the molecule is CC(C)C[C@H](CNC(=O)c1cccc(Br)c1F)CC(=O)O. The Labute approximate surface area is 131 Å². The standard InChI is InChI=1S/C15H19BrFNO3/c1-9(2)6-10(7-13(19)20)8-18-15(21)11-4-3-5-12(16)14(11)17/h3-5,9-10H,6-8H2,1-2H3,(H,18,21)(H,19,20)/t10-/m0/s1. The van der Waals surface area contributed by atoms with Gasteiger partial charge >= 0.3 is 5.97 Å². The summed E-state index contributed by atoms with van der Waals surface area (Å²) in [6.07, 6.45) is 0.674. The smallest absolute Gasteiger partial charge is 0.303 e. The van der Waals surface area contributed by atoms with Crippen LogP contribution in [0.15, 0.2) is 22.7 Å². The number of benzene rings is 1. The van der Waals surface area contributed by atoms with Gasteiger partial charge in [-0.2, -0.15) is 0 Å². The quantitative estimate of drug-likeness (QED) is 0.783. The van der Waals surface area contributed by atoms with E-state index in [-0.39, 0.29) is 28.9 Å². The highest BCUT2D eigenvalue weighted by Gasteiger charge is 2.18. The number of carboxylic acids is 1. The lowest BCUT2D eigenvalue weighted by atomic mass is 9.94. The minimum Gasteiger partial charge on any atom is -0.481 e. The van der Waals surface area contributed by atoms with Gasteiger partial charge in [-0.25, -0.2) is 4.39 Å². The van der Waals surface area contributed by atoms with Crippen LogP contribution in [0.5, 0.6) is 0 Å². The number of carbonyl (C=O) groups excluding carboxylic acids is 1. The van der Waals surface area contributed by atoms with Crippen LogP contribution in [-0.2, 0) is 4.79 Å².